The first kappa shape index (κ1) is 16.4. The summed E-state index contributed by atoms with van der Waals surface area (Å²) in [5.41, 5.74) is 0. The predicted octanol–water partition coefficient (Wildman–Crippen LogP) is 0.694. The molecule has 6 nitrogen and oxygen atoms in total. The number of thiophene rings is 1. The van der Waals surface area contributed by atoms with Crippen LogP contribution >= 0.6 is 11.3 Å². The largest absolute Gasteiger partial charge is 0.396 e. The van der Waals surface area contributed by atoms with Gasteiger partial charge in [0.05, 0.1) is 0 Å². The smallest absolute Gasteiger partial charge is 0.250 e. The molecule has 1 aliphatic rings. The second-order valence-electron chi connectivity index (χ2n) is 5.13. The van der Waals surface area contributed by atoms with Crippen LogP contribution in [0.25, 0.3) is 0 Å². The fraction of sp³-hybridized carbons (Fsp3) is 0.615. The van der Waals surface area contributed by atoms with Gasteiger partial charge in [0.25, 0.3) is 0 Å². The van der Waals surface area contributed by atoms with Crippen LogP contribution in [0.5, 0.6) is 0 Å². The molecule has 1 aromatic rings. The highest BCUT2D eigenvalue weighted by atomic mass is 32.2. The van der Waals surface area contributed by atoms with Crippen LogP contribution in [0.2, 0.25) is 0 Å². The summed E-state index contributed by atoms with van der Waals surface area (Å²) in [4.78, 5) is 11.8. The van der Waals surface area contributed by atoms with E-state index in [1.54, 1.807) is 11.4 Å². The molecule has 3 N–H and O–H groups in total. The van der Waals surface area contributed by atoms with E-state index in [1.807, 2.05) is 0 Å². The van der Waals surface area contributed by atoms with Crippen molar-refractivity contribution >= 4 is 27.3 Å². The van der Waals surface area contributed by atoms with Gasteiger partial charge < -0.3 is 10.4 Å². The van der Waals surface area contributed by atoms with Gasteiger partial charge in [-0.25, -0.2) is 13.1 Å². The summed E-state index contributed by atoms with van der Waals surface area (Å²) >= 11 is 1.14. The average Bonchev–Trinajstić information content (AvgIpc) is 3.09. The summed E-state index contributed by atoms with van der Waals surface area (Å²) in [5.74, 6) is -0.0639. The van der Waals surface area contributed by atoms with E-state index < -0.39 is 10.0 Å². The normalized spacial score (nSPS) is 22.3. The lowest BCUT2D eigenvalue weighted by Gasteiger charge is -2.18. The van der Waals surface area contributed by atoms with Crippen LogP contribution < -0.4 is 10.0 Å². The van der Waals surface area contributed by atoms with Crippen LogP contribution in [-0.4, -0.2) is 38.6 Å². The number of hydrogen-bond donors (Lipinski definition) is 3. The lowest BCUT2D eigenvalue weighted by Crippen LogP contribution is -2.40. The summed E-state index contributed by atoms with van der Waals surface area (Å²) in [6.45, 7) is 0.151. The maximum atomic E-state index is 11.9. The van der Waals surface area contributed by atoms with Crippen molar-refractivity contribution in [2.24, 2.45) is 5.92 Å². The van der Waals surface area contributed by atoms with Gasteiger partial charge in [0.1, 0.15) is 4.21 Å². The van der Waals surface area contributed by atoms with E-state index in [4.69, 9.17) is 0 Å². The molecule has 0 spiro atoms. The Morgan fingerprint density at radius 1 is 1.43 bits per heavy atom. The Hall–Kier alpha value is -0.960. The molecule has 21 heavy (non-hydrogen) atoms. The van der Waals surface area contributed by atoms with E-state index in [0.717, 1.165) is 30.6 Å². The van der Waals surface area contributed by atoms with Crippen molar-refractivity contribution in [3.63, 3.8) is 0 Å². The molecule has 8 heteroatoms. The summed E-state index contributed by atoms with van der Waals surface area (Å²) in [6.07, 6.45) is 2.89. The molecule has 0 aromatic carbocycles. The van der Waals surface area contributed by atoms with E-state index in [1.165, 1.54) is 6.07 Å². The first-order chi connectivity index (χ1) is 10.0. The molecule has 1 saturated carbocycles. The van der Waals surface area contributed by atoms with E-state index >= 15 is 0 Å². The number of sulfonamides is 1. The minimum absolute atomic E-state index is 0.0106. The van der Waals surface area contributed by atoms with E-state index in [2.05, 4.69) is 10.0 Å². The Kier molecular flexibility index (Phi) is 5.74. The van der Waals surface area contributed by atoms with Crippen molar-refractivity contribution < 1.29 is 18.3 Å². The van der Waals surface area contributed by atoms with Gasteiger partial charge in [-0.1, -0.05) is 12.5 Å². The van der Waals surface area contributed by atoms with Crippen LogP contribution in [-0.2, 0) is 14.8 Å². The Labute approximate surface area is 128 Å². The SMILES string of the molecule is O=C(CCNS(=O)(=O)c1cccs1)NC1CCCC1CO. The van der Waals surface area contributed by atoms with E-state index in [0.29, 0.717) is 0 Å². The molecule has 0 saturated heterocycles. The number of aliphatic hydroxyl groups excluding tert-OH is 1. The minimum atomic E-state index is -3.51. The maximum absolute atomic E-state index is 11.9. The molecule has 1 fully saturated rings. The third-order valence-electron chi connectivity index (χ3n) is 3.64. The molecular weight excluding hydrogens is 312 g/mol. The molecule has 1 aliphatic carbocycles. The van der Waals surface area contributed by atoms with Crippen molar-refractivity contribution in [1.82, 2.24) is 10.0 Å². The van der Waals surface area contributed by atoms with Gasteiger partial charge in [0.2, 0.25) is 15.9 Å². The molecule has 1 aromatic heterocycles. The van der Waals surface area contributed by atoms with Gasteiger partial charge in [-0.15, -0.1) is 11.3 Å². The Bertz CT molecular complexity index is 557. The highest BCUT2D eigenvalue weighted by molar-refractivity contribution is 7.91. The molecular formula is C13H20N2O4S2. The molecule has 1 heterocycles. The average molecular weight is 332 g/mol. The van der Waals surface area contributed by atoms with E-state index in [-0.39, 0.29) is 41.6 Å². The number of rotatable bonds is 7. The van der Waals surface area contributed by atoms with Gasteiger partial charge in [-0.05, 0) is 24.3 Å². The summed E-state index contributed by atoms with van der Waals surface area (Å²) in [6, 6.07) is 3.20. The van der Waals surface area contributed by atoms with Gasteiger partial charge in [-0.2, -0.15) is 0 Å². The van der Waals surface area contributed by atoms with Crippen LogP contribution in [0, 0.1) is 5.92 Å². The zero-order chi connectivity index (χ0) is 15.3. The molecule has 1 amide bonds. The number of aliphatic hydroxyl groups is 1. The van der Waals surface area contributed by atoms with Crippen LogP contribution in [0.15, 0.2) is 21.7 Å². The Morgan fingerprint density at radius 3 is 2.90 bits per heavy atom. The summed E-state index contributed by atoms with van der Waals surface area (Å²) < 4.78 is 26.4. The van der Waals surface area contributed by atoms with Gasteiger partial charge in [0.15, 0.2) is 0 Å². The lowest BCUT2D eigenvalue weighted by atomic mass is 10.1. The van der Waals surface area contributed by atoms with Crippen molar-refractivity contribution in [1.29, 1.82) is 0 Å². The zero-order valence-electron chi connectivity index (χ0n) is 11.6. The first-order valence-electron chi connectivity index (χ1n) is 6.96. The Balaban J connectivity index is 1.75. The lowest BCUT2D eigenvalue weighted by molar-refractivity contribution is -0.121. The van der Waals surface area contributed by atoms with Crippen molar-refractivity contribution in [2.45, 2.75) is 35.9 Å². The fourth-order valence-electron chi connectivity index (χ4n) is 2.51. The highest BCUT2D eigenvalue weighted by Crippen LogP contribution is 2.25. The molecule has 0 aliphatic heterocycles. The molecule has 2 atom stereocenters. The molecule has 2 rings (SSSR count). The number of amides is 1. The molecule has 0 radical (unpaired) electrons. The monoisotopic (exact) mass is 332 g/mol. The van der Waals surface area contributed by atoms with Crippen molar-refractivity contribution in [2.75, 3.05) is 13.2 Å². The van der Waals surface area contributed by atoms with Crippen molar-refractivity contribution in [3.8, 4) is 0 Å². The van der Waals surface area contributed by atoms with Crippen LogP contribution in [0.4, 0.5) is 0 Å². The minimum Gasteiger partial charge on any atom is -0.396 e. The molecule has 2 unspecified atom stereocenters. The van der Waals surface area contributed by atoms with Crippen molar-refractivity contribution in [3.05, 3.63) is 17.5 Å². The van der Waals surface area contributed by atoms with Gasteiger partial charge >= 0.3 is 0 Å². The third kappa shape index (κ3) is 4.50. The van der Waals surface area contributed by atoms with Crippen LogP contribution in [0.3, 0.4) is 0 Å². The first-order valence-corrected chi connectivity index (χ1v) is 9.32. The topological polar surface area (TPSA) is 95.5 Å². The summed E-state index contributed by atoms with van der Waals surface area (Å²) in [5, 5.41) is 13.8. The van der Waals surface area contributed by atoms with Gasteiger partial charge in [-0.3, -0.25) is 4.79 Å². The standard InChI is InChI=1S/C13H20N2O4S2/c16-9-10-3-1-4-11(10)15-12(17)6-7-14-21(18,19)13-5-2-8-20-13/h2,5,8,10-11,14,16H,1,3-4,6-7,9H2,(H,15,17). The molecule has 118 valence electrons. The second kappa shape index (κ2) is 7.35. The number of carbonyl (C=O) groups is 1. The maximum Gasteiger partial charge on any atom is 0.250 e. The van der Waals surface area contributed by atoms with Gasteiger partial charge in [0, 0.05) is 31.5 Å². The third-order valence-corrected chi connectivity index (χ3v) is 6.50. The predicted molar refractivity (Wildman–Crippen MR) is 80.5 cm³/mol. The molecule has 0 bridgehead atoms. The zero-order valence-corrected chi connectivity index (χ0v) is 13.3. The Morgan fingerprint density at radius 2 is 2.24 bits per heavy atom. The summed E-state index contributed by atoms with van der Waals surface area (Å²) in [7, 11) is -3.51. The second-order valence-corrected chi connectivity index (χ2v) is 8.07. The van der Waals surface area contributed by atoms with E-state index in [9.17, 15) is 18.3 Å². The fourth-order valence-corrected chi connectivity index (χ4v) is 4.58. The number of nitrogens with one attached hydrogen (secondary N) is 2. The number of carbonyl (C=O) groups excluding carboxylic acids is 1. The quantitative estimate of drug-likeness (QED) is 0.685. The van der Waals surface area contributed by atoms with Crippen LogP contribution in [0.1, 0.15) is 25.7 Å². The number of hydrogen-bond acceptors (Lipinski definition) is 5. The highest BCUT2D eigenvalue weighted by Gasteiger charge is 2.27.